The molecule has 1 aliphatic heterocycles. The first-order valence-electron chi connectivity index (χ1n) is 10.5. The van der Waals surface area contributed by atoms with Gasteiger partial charge in [-0.3, -0.25) is 9.99 Å². The van der Waals surface area contributed by atoms with Crippen LogP contribution in [-0.4, -0.2) is 15.4 Å². The molecule has 0 saturated carbocycles. The second kappa shape index (κ2) is 9.08. The summed E-state index contributed by atoms with van der Waals surface area (Å²) in [6.07, 6.45) is 1.30. The first kappa shape index (κ1) is 23.1. The second-order valence-electron chi connectivity index (χ2n) is 8.75. The van der Waals surface area contributed by atoms with Gasteiger partial charge >= 0.3 is 0 Å². The van der Waals surface area contributed by atoms with E-state index in [9.17, 15) is 0 Å². The molecule has 8 heteroatoms. The van der Waals surface area contributed by atoms with E-state index in [0.29, 0.717) is 15.9 Å². The molecule has 0 amide bonds. The Hall–Kier alpha value is -2.02. The van der Waals surface area contributed by atoms with E-state index >= 15 is 0 Å². The Kier molecular flexibility index (Phi) is 6.57. The van der Waals surface area contributed by atoms with Gasteiger partial charge in [0, 0.05) is 26.2 Å². The lowest BCUT2D eigenvalue weighted by Gasteiger charge is -2.19. The molecule has 2 aromatic carbocycles. The molecular formula is C24H25BrCl2N4O. The highest BCUT2D eigenvalue weighted by Gasteiger charge is 2.34. The van der Waals surface area contributed by atoms with Crippen LogP contribution in [0.5, 0.6) is 0 Å². The van der Waals surface area contributed by atoms with Crippen molar-refractivity contribution in [1.82, 2.24) is 15.0 Å². The highest BCUT2D eigenvalue weighted by atomic mass is 79.9. The van der Waals surface area contributed by atoms with Crippen LogP contribution in [0.4, 0.5) is 0 Å². The molecule has 1 N–H and O–H groups in total. The van der Waals surface area contributed by atoms with Gasteiger partial charge in [0.25, 0.3) is 0 Å². The second-order valence-corrected chi connectivity index (χ2v) is 10.5. The average molecular weight is 536 g/mol. The number of benzene rings is 2. The first-order valence-corrected chi connectivity index (χ1v) is 12.1. The lowest BCUT2D eigenvalue weighted by molar-refractivity contribution is 0.167. The minimum Gasteiger partial charge on any atom is -0.448 e. The molecular weight excluding hydrogens is 511 g/mol. The molecule has 0 aliphatic carbocycles. The Morgan fingerprint density at radius 2 is 1.84 bits per heavy atom. The summed E-state index contributed by atoms with van der Waals surface area (Å²) in [6.45, 7) is 8.37. The third-order valence-electron chi connectivity index (χ3n) is 5.15. The Morgan fingerprint density at radius 1 is 1.12 bits per heavy atom. The van der Waals surface area contributed by atoms with Gasteiger partial charge in [-0.15, -0.1) is 5.10 Å². The number of hydrogen-bond donors (Lipinski definition) is 1. The molecule has 0 spiro atoms. The smallest absolute Gasteiger partial charge is 0.231 e. The fourth-order valence-electron chi connectivity index (χ4n) is 3.62. The molecule has 1 aliphatic rings. The third-order valence-corrected chi connectivity index (χ3v) is 6.23. The van der Waals surface area contributed by atoms with Crippen LogP contribution in [0.2, 0.25) is 10.0 Å². The van der Waals surface area contributed by atoms with E-state index in [4.69, 9.17) is 32.9 Å². The molecule has 3 aromatic rings. The van der Waals surface area contributed by atoms with E-state index in [2.05, 4.69) is 70.9 Å². The van der Waals surface area contributed by atoms with Crippen molar-refractivity contribution in [1.29, 1.82) is 0 Å². The van der Waals surface area contributed by atoms with Gasteiger partial charge in [0.1, 0.15) is 11.5 Å². The Bertz CT molecular complexity index is 1170. The van der Waals surface area contributed by atoms with Crippen LogP contribution in [0.25, 0.3) is 17.1 Å². The van der Waals surface area contributed by atoms with Crippen molar-refractivity contribution in [3.05, 3.63) is 68.4 Å². The van der Waals surface area contributed by atoms with Gasteiger partial charge in [0.2, 0.25) is 12.1 Å². The number of nitrogens with one attached hydrogen (secondary N) is 1. The maximum Gasteiger partial charge on any atom is 0.231 e. The Balaban J connectivity index is 1.91. The monoisotopic (exact) mass is 534 g/mol. The molecule has 32 heavy (non-hydrogen) atoms. The highest BCUT2D eigenvalue weighted by Crippen LogP contribution is 2.37. The molecule has 1 aromatic heterocycles. The SMILES string of the molecule is CCCc1c(C2NN=C(C(C)(C)C)O2)nc(-c2ccc(Cl)cc2Cl)n1-c1ccc(Br)cc1. The van der Waals surface area contributed by atoms with Gasteiger partial charge < -0.3 is 4.74 Å². The lowest BCUT2D eigenvalue weighted by atomic mass is 9.97. The molecule has 0 saturated heterocycles. The number of rotatable bonds is 5. The van der Waals surface area contributed by atoms with E-state index in [-0.39, 0.29) is 5.41 Å². The number of ether oxygens (including phenoxy) is 1. The summed E-state index contributed by atoms with van der Waals surface area (Å²) in [4.78, 5) is 5.05. The van der Waals surface area contributed by atoms with Crippen LogP contribution in [0, 0.1) is 5.41 Å². The van der Waals surface area contributed by atoms with Crippen LogP contribution in [-0.2, 0) is 11.2 Å². The summed E-state index contributed by atoms with van der Waals surface area (Å²) in [6, 6.07) is 13.6. The number of imidazole rings is 1. The quantitative estimate of drug-likeness (QED) is 0.367. The summed E-state index contributed by atoms with van der Waals surface area (Å²) >= 11 is 16.3. The Morgan fingerprint density at radius 3 is 2.44 bits per heavy atom. The maximum absolute atomic E-state index is 6.62. The molecule has 1 atom stereocenters. The predicted octanol–water partition coefficient (Wildman–Crippen LogP) is 7.54. The normalized spacial score (nSPS) is 16.0. The number of aromatic nitrogens is 2. The molecule has 0 radical (unpaired) electrons. The zero-order valence-electron chi connectivity index (χ0n) is 18.4. The lowest BCUT2D eigenvalue weighted by Crippen LogP contribution is -2.22. The molecule has 0 fully saturated rings. The van der Waals surface area contributed by atoms with E-state index in [1.807, 2.05) is 24.3 Å². The van der Waals surface area contributed by atoms with Gasteiger partial charge in [-0.1, -0.05) is 73.2 Å². The zero-order chi connectivity index (χ0) is 23.0. The van der Waals surface area contributed by atoms with Gasteiger partial charge in [0.15, 0.2) is 0 Å². The van der Waals surface area contributed by atoms with Crippen LogP contribution < -0.4 is 5.43 Å². The largest absolute Gasteiger partial charge is 0.448 e. The van der Waals surface area contributed by atoms with Crippen molar-refractivity contribution in [2.45, 2.75) is 46.8 Å². The van der Waals surface area contributed by atoms with Crippen molar-refractivity contribution in [2.24, 2.45) is 10.5 Å². The number of halogens is 3. The minimum atomic E-state index is -0.465. The average Bonchev–Trinajstić information content (AvgIpc) is 3.34. The number of hydrogen-bond acceptors (Lipinski definition) is 4. The summed E-state index contributed by atoms with van der Waals surface area (Å²) in [5.41, 5.74) is 6.58. The molecule has 4 rings (SSSR count). The van der Waals surface area contributed by atoms with Gasteiger partial charge in [0.05, 0.1) is 10.7 Å². The standard InChI is InChI=1S/C24H25BrCl2N4O/c1-5-6-19-20(22-29-30-23(32-22)24(2,3)4)28-21(17-12-9-15(26)13-18(17)27)31(19)16-10-7-14(25)8-11-16/h7-13,22,29H,5-6H2,1-4H3. The van der Waals surface area contributed by atoms with E-state index in [0.717, 1.165) is 45.8 Å². The van der Waals surface area contributed by atoms with Crippen LogP contribution >= 0.6 is 39.1 Å². The van der Waals surface area contributed by atoms with Crippen molar-refractivity contribution in [3.63, 3.8) is 0 Å². The van der Waals surface area contributed by atoms with E-state index < -0.39 is 6.23 Å². The van der Waals surface area contributed by atoms with E-state index in [1.54, 1.807) is 6.07 Å². The summed E-state index contributed by atoms with van der Waals surface area (Å²) < 4.78 is 9.37. The van der Waals surface area contributed by atoms with Crippen LogP contribution in [0.15, 0.2) is 52.0 Å². The Labute approximate surface area is 206 Å². The van der Waals surface area contributed by atoms with Gasteiger partial charge in [-0.05, 0) is 48.9 Å². The zero-order valence-corrected chi connectivity index (χ0v) is 21.5. The number of hydrazone groups is 1. The predicted molar refractivity (Wildman–Crippen MR) is 135 cm³/mol. The molecule has 1 unspecified atom stereocenters. The fraction of sp³-hybridized carbons (Fsp3) is 0.333. The van der Waals surface area contributed by atoms with Crippen molar-refractivity contribution in [2.75, 3.05) is 0 Å². The fourth-order valence-corrected chi connectivity index (χ4v) is 4.38. The number of nitrogens with zero attached hydrogens (tertiary/aromatic N) is 3. The maximum atomic E-state index is 6.62. The van der Waals surface area contributed by atoms with Crippen molar-refractivity contribution >= 4 is 45.0 Å². The minimum absolute atomic E-state index is 0.205. The summed E-state index contributed by atoms with van der Waals surface area (Å²) in [5.74, 6) is 1.40. The van der Waals surface area contributed by atoms with Crippen LogP contribution in [0.1, 0.15) is 51.7 Å². The van der Waals surface area contributed by atoms with Crippen LogP contribution in [0.3, 0.4) is 0 Å². The molecule has 0 bridgehead atoms. The summed E-state index contributed by atoms with van der Waals surface area (Å²) in [7, 11) is 0. The molecule has 5 nitrogen and oxygen atoms in total. The molecule has 168 valence electrons. The third kappa shape index (κ3) is 4.54. The topological polar surface area (TPSA) is 51.4 Å². The van der Waals surface area contributed by atoms with Gasteiger partial charge in [-0.2, -0.15) is 0 Å². The van der Waals surface area contributed by atoms with Crippen molar-refractivity contribution in [3.8, 4) is 17.1 Å². The first-order chi connectivity index (χ1) is 15.2. The van der Waals surface area contributed by atoms with Gasteiger partial charge in [-0.25, -0.2) is 4.98 Å². The van der Waals surface area contributed by atoms with Crippen molar-refractivity contribution < 1.29 is 4.74 Å². The molecule has 2 heterocycles. The highest BCUT2D eigenvalue weighted by molar-refractivity contribution is 9.10. The van der Waals surface area contributed by atoms with E-state index in [1.165, 1.54) is 0 Å². The summed E-state index contributed by atoms with van der Waals surface area (Å²) in [5, 5.41) is 5.56.